The van der Waals surface area contributed by atoms with Crippen molar-refractivity contribution in [3.8, 4) is 0 Å². The first-order valence-corrected chi connectivity index (χ1v) is 10.8. The average molecular weight is 387 g/mol. The van der Waals surface area contributed by atoms with E-state index in [9.17, 15) is 13.2 Å². The molecule has 1 saturated carbocycles. The third-order valence-electron chi connectivity index (χ3n) is 5.14. The lowest BCUT2D eigenvalue weighted by atomic mass is 9.86. The number of hydrogen-bond acceptors (Lipinski definition) is 3. The summed E-state index contributed by atoms with van der Waals surface area (Å²) in [6.45, 7) is 4.06. The summed E-state index contributed by atoms with van der Waals surface area (Å²) in [5, 5.41) is 3.10. The van der Waals surface area contributed by atoms with Gasteiger partial charge in [-0.05, 0) is 56.0 Å². The molecule has 0 radical (unpaired) electrons. The SMILES string of the molecule is Cc1ccc(S(=O)(=O)Nc2cccc(C(=O)N[C@@H]3CCCC[C@H]3C)c2)cc1. The highest BCUT2D eigenvalue weighted by molar-refractivity contribution is 7.92. The van der Waals surface area contributed by atoms with Crippen molar-refractivity contribution in [1.29, 1.82) is 0 Å². The van der Waals surface area contributed by atoms with Crippen molar-refractivity contribution in [2.24, 2.45) is 5.92 Å². The highest BCUT2D eigenvalue weighted by Gasteiger charge is 2.23. The lowest BCUT2D eigenvalue weighted by Gasteiger charge is -2.29. The monoisotopic (exact) mass is 386 g/mol. The number of hydrogen-bond donors (Lipinski definition) is 2. The minimum Gasteiger partial charge on any atom is -0.349 e. The van der Waals surface area contributed by atoms with Gasteiger partial charge in [0.2, 0.25) is 0 Å². The van der Waals surface area contributed by atoms with Crippen molar-refractivity contribution < 1.29 is 13.2 Å². The molecule has 2 aromatic carbocycles. The van der Waals surface area contributed by atoms with Gasteiger partial charge in [0, 0.05) is 17.3 Å². The van der Waals surface area contributed by atoms with Gasteiger partial charge in [-0.2, -0.15) is 0 Å². The molecule has 27 heavy (non-hydrogen) atoms. The number of carbonyl (C=O) groups excluding carboxylic acids is 1. The molecule has 2 N–H and O–H groups in total. The minimum atomic E-state index is -3.69. The maximum absolute atomic E-state index is 12.6. The number of benzene rings is 2. The second-order valence-electron chi connectivity index (χ2n) is 7.34. The minimum absolute atomic E-state index is 0.162. The Morgan fingerprint density at radius 1 is 1.04 bits per heavy atom. The third kappa shape index (κ3) is 4.89. The van der Waals surface area contributed by atoms with Crippen molar-refractivity contribution in [3.63, 3.8) is 0 Å². The number of amides is 1. The van der Waals surface area contributed by atoms with Gasteiger partial charge in [0.25, 0.3) is 15.9 Å². The molecule has 6 heteroatoms. The Kier molecular flexibility index (Phi) is 5.85. The van der Waals surface area contributed by atoms with E-state index >= 15 is 0 Å². The fourth-order valence-electron chi connectivity index (χ4n) is 3.44. The summed E-state index contributed by atoms with van der Waals surface area (Å²) in [6.07, 6.45) is 4.46. The summed E-state index contributed by atoms with van der Waals surface area (Å²) in [7, 11) is -3.69. The van der Waals surface area contributed by atoms with Gasteiger partial charge in [0.1, 0.15) is 0 Å². The molecule has 5 nitrogen and oxygen atoms in total. The van der Waals surface area contributed by atoms with Gasteiger partial charge in [-0.1, -0.05) is 43.5 Å². The molecule has 1 aliphatic rings. The molecule has 144 valence electrons. The second kappa shape index (κ2) is 8.13. The van der Waals surface area contributed by atoms with E-state index < -0.39 is 10.0 Å². The van der Waals surface area contributed by atoms with Crippen LogP contribution >= 0.6 is 0 Å². The summed E-state index contributed by atoms with van der Waals surface area (Å²) >= 11 is 0. The Hall–Kier alpha value is -2.34. The van der Waals surface area contributed by atoms with Crippen LogP contribution in [0.5, 0.6) is 0 Å². The highest BCUT2D eigenvalue weighted by atomic mass is 32.2. The van der Waals surface area contributed by atoms with Crippen LogP contribution in [0.25, 0.3) is 0 Å². The first-order valence-electron chi connectivity index (χ1n) is 9.35. The van der Waals surface area contributed by atoms with Crippen LogP contribution in [0.15, 0.2) is 53.4 Å². The molecule has 0 unspecified atom stereocenters. The Morgan fingerprint density at radius 3 is 2.44 bits per heavy atom. The largest absolute Gasteiger partial charge is 0.349 e. The molecule has 0 heterocycles. The van der Waals surface area contributed by atoms with Crippen LogP contribution in [0.3, 0.4) is 0 Å². The quantitative estimate of drug-likeness (QED) is 0.812. The van der Waals surface area contributed by atoms with Crippen molar-refractivity contribution in [1.82, 2.24) is 5.32 Å². The molecule has 0 aliphatic heterocycles. The molecule has 1 amide bonds. The van der Waals surface area contributed by atoms with Crippen LogP contribution in [0, 0.1) is 12.8 Å². The van der Waals surface area contributed by atoms with Gasteiger partial charge in [-0.15, -0.1) is 0 Å². The highest BCUT2D eigenvalue weighted by Crippen LogP contribution is 2.24. The van der Waals surface area contributed by atoms with Crippen LogP contribution in [0.4, 0.5) is 5.69 Å². The first-order chi connectivity index (χ1) is 12.8. The van der Waals surface area contributed by atoms with Gasteiger partial charge in [0.05, 0.1) is 4.90 Å². The molecule has 0 aromatic heterocycles. The zero-order valence-electron chi connectivity index (χ0n) is 15.7. The van der Waals surface area contributed by atoms with Gasteiger partial charge < -0.3 is 5.32 Å². The normalized spacial score (nSPS) is 20.1. The van der Waals surface area contributed by atoms with Gasteiger partial charge in [-0.25, -0.2) is 8.42 Å². The van der Waals surface area contributed by atoms with E-state index in [2.05, 4.69) is 17.0 Å². The van der Waals surface area contributed by atoms with E-state index in [0.29, 0.717) is 17.2 Å². The van der Waals surface area contributed by atoms with Gasteiger partial charge in [-0.3, -0.25) is 9.52 Å². The lowest BCUT2D eigenvalue weighted by Crippen LogP contribution is -2.41. The van der Waals surface area contributed by atoms with E-state index in [4.69, 9.17) is 0 Å². The first kappa shape index (κ1) is 19.4. The average Bonchev–Trinajstić information content (AvgIpc) is 2.64. The molecule has 0 bridgehead atoms. The number of rotatable bonds is 5. The molecule has 2 aromatic rings. The number of anilines is 1. The molecule has 1 fully saturated rings. The van der Waals surface area contributed by atoms with Crippen molar-refractivity contribution in [2.45, 2.75) is 50.5 Å². The fraction of sp³-hybridized carbons (Fsp3) is 0.381. The predicted octanol–water partition coefficient (Wildman–Crippen LogP) is 4.10. The van der Waals surface area contributed by atoms with Crippen molar-refractivity contribution in [2.75, 3.05) is 4.72 Å². The fourth-order valence-corrected chi connectivity index (χ4v) is 4.49. The predicted molar refractivity (Wildman–Crippen MR) is 107 cm³/mol. The summed E-state index contributed by atoms with van der Waals surface area (Å²) in [6, 6.07) is 13.4. The van der Waals surface area contributed by atoms with E-state index in [0.717, 1.165) is 24.8 Å². The zero-order chi connectivity index (χ0) is 19.4. The number of aryl methyl sites for hydroxylation is 1. The van der Waals surface area contributed by atoms with Crippen LogP contribution in [-0.4, -0.2) is 20.4 Å². The molecule has 0 saturated heterocycles. The van der Waals surface area contributed by atoms with Crippen LogP contribution in [0.2, 0.25) is 0 Å². The van der Waals surface area contributed by atoms with E-state index in [1.807, 2.05) is 6.92 Å². The number of nitrogens with one attached hydrogen (secondary N) is 2. The smallest absolute Gasteiger partial charge is 0.261 e. The van der Waals surface area contributed by atoms with Crippen molar-refractivity contribution in [3.05, 3.63) is 59.7 Å². The maximum atomic E-state index is 12.6. The Labute approximate surface area is 161 Å². The molecule has 2 atom stereocenters. The van der Waals surface area contributed by atoms with Gasteiger partial charge >= 0.3 is 0 Å². The Bertz CT molecular complexity index is 907. The second-order valence-corrected chi connectivity index (χ2v) is 9.02. The van der Waals surface area contributed by atoms with Gasteiger partial charge in [0.15, 0.2) is 0 Å². The number of sulfonamides is 1. The van der Waals surface area contributed by atoms with Crippen molar-refractivity contribution >= 4 is 21.6 Å². The van der Waals surface area contributed by atoms with Crippen LogP contribution < -0.4 is 10.0 Å². The third-order valence-corrected chi connectivity index (χ3v) is 6.53. The summed E-state index contributed by atoms with van der Waals surface area (Å²) in [5.41, 5.74) is 1.82. The molecule has 3 rings (SSSR count). The maximum Gasteiger partial charge on any atom is 0.261 e. The Morgan fingerprint density at radius 2 is 1.74 bits per heavy atom. The molecular weight excluding hydrogens is 360 g/mol. The Balaban J connectivity index is 1.73. The molecule has 0 spiro atoms. The molecule has 1 aliphatic carbocycles. The standard InChI is InChI=1S/C21H26N2O3S/c1-15-10-12-19(13-11-15)27(25,26)23-18-8-5-7-17(14-18)21(24)22-20-9-4-3-6-16(20)2/h5,7-8,10-14,16,20,23H,3-4,6,9H2,1-2H3,(H,22,24)/t16-,20-/m1/s1. The zero-order valence-corrected chi connectivity index (χ0v) is 16.6. The van der Waals surface area contributed by atoms with Crippen LogP contribution in [0.1, 0.15) is 48.5 Å². The topological polar surface area (TPSA) is 75.3 Å². The number of carbonyl (C=O) groups is 1. The van der Waals surface area contributed by atoms with E-state index in [1.54, 1.807) is 48.5 Å². The summed E-state index contributed by atoms with van der Waals surface area (Å²) in [5.74, 6) is 0.302. The molecular formula is C21H26N2O3S. The summed E-state index contributed by atoms with van der Waals surface area (Å²) in [4.78, 5) is 12.8. The summed E-state index contributed by atoms with van der Waals surface area (Å²) < 4.78 is 27.6. The van der Waals surface area contributed by atoms with E-state index in [-0.39, 0.29) is 16.8 Å². The lowest BCUT2D eigenvalue weighted by molar-refractivity contribution is 0.0910. The van der Waals surface area contributed by atoms with Crippen LogP contribution in [-0.2, 0) is 10.0 Å². The van der Waals surface area contributed by atoms with E-state index in [1.165, 1.54) is 6.42 Å².